The second-order valence-corrected chi connectivity index (χ2v) is 5.96. The van der Waals surface area contributed by atoms with Crippen molar-refractivity contribution in [1.82, 2.24) is 10.2 Å². The van der Waals surface area contributed by atoms with Crippen LogP contribution in [0.1, 0.15) is 45.4 Å². The summed E-state index contributed by atoms with van der Waals surface area (Å²) in [5.74, 6) is -0.145. The Morgan fingerprint density at radius 3 is 2.32 bits per heavy atom. The smallest absolute Gasteiger partial charge is 0.244 e. The van der Waals surface area contributed by atoms with Gasteiger partial charge >= 0.3 is 0 Å². The normalized spacial score (nSPS) is 19.6. The number of hydrogen-bond donors (Lipinski definition) is 2. The van der Waals surface area contributed by atoms with Gasteiger partial charge in [0.05, 0.1) is 0 Å². The molecular formula is C14H27N3O2. The molecule has 5 nitrogen and oxygen atoms in total. The van der Waals surface area contributed by atoms with E-state index in [1.807, 2.05) is 0 Å². The summed E-state index contributed by atoms with van der Waals surface area (Å²) >= 11 is 0. The van der Waals surface area contributed by atoms with Crippen LogP contribution in [0.5, 0.6) is 0 Å². The molecule has 1 unspecified atom stereocenters. The van der Waals surface area contributed by atoms with E-state index in [0.717, 1.165) is 25.7 Å². The van der Waals surface area contributed by atoms with Gasteiger partial charge in [-0.2, -0.15) is 0 Å². The number of carbonyl (C=O) groups excluding carboxylic acids is 2. The molecule has 1 rings (SSSR count). The Balaban J connectivity index is 2.51. The minimum Gasteiger partial charge on any atom is -0.347 e. The van der Waals surface area contributed by atoms with Crippen molar-refractivity contribution in [3.05, 3.63) is 0 Å². The molecule has 0 aromatic rings. The molecule has 0 aromatic carbocycles. The Bertz CT molecular complexity index is 323. The van der Waals surface area contributed by atoms with Gasteiger partial charge in [-0.05, 0) is 31.7 Å². The van der Waals surface area contributed by atoms with Crippen molar-refractivity contribution in [2.75, 3.05) is 20.6 Å². The van der Waals surface area contributed by atoms with Gasteiger partial charge in [-0.1, -0.05) is 19.3 Å². The monoisotopic (exact) mass is 269 g/mol. The minimum absolute atomic E-state index is 0.0524. The number of nitrogens with one attached hydrogen (secondary N) is 1. The van der Waals surface area contributed by atoms with Crippen LogP contribution in [0.3, 0.4) is 0 Å². The van der Waals surface area contributed by atoms with Crippen LogP contribution in [-0.4, -0.2) is 43.4 Å². The van der Waals surface area contributed by atoms with Crippen molar-refractivity contribution in [1.29, 1.82) is 0 Å². The van der Waals surface area contributed by atoms with Crippen molar-refractivity contribution in [3.8, 4) is 0 Å². The fourth-order valence-corrected chi connectivity index (χ4v) is 2.84. The molecule has 0 aromatic heterocycles. The molecule has 5 heteroatoms. The molecule has 19 heavy (non-hydrogen) atoms. The van der Waals surface area contributed by atoms with Crippen LogP contribution in [0.15, 0.2) is 0 Å². The van der Waals surface area contributed by atoms with Gasteiger partial charge < -0.3 is 16.0 Å². The number of nitrogens with two attached hydrogens (primary N) is 1. The summed E-state index contributed by atoms with van der Waals surface area (Å²) in [6.07, 6.45) is 6.01. The molecular weight excluding hydrogens is 242 g/mol. The second kappa shape index (κ2) is 6.89. The largest absolute Gasteiger partial charge is 0.347 e. The fourth-order valence-electron chi connectivity index (χ4n) is 2.84. The van der Waals surface area contributed by atoms with Crippen LogP contribution in [0, 0.1) is 5.41 Å². The summed E-state index contributed by atoms with van der Waals surface area (Å²) < 4.78 is 0. The van der Waals surface area contributed by atoms with Crippen molar-refractivity contribution < 1.29 is 9.59 Å². The first-order valence-corrected chi connectivity index (χ1v) is 7.11. The SMILES string of the molecule is CC(NC(=O)CC1(CN)CCCCC1)C(=O)N(C)C. The second-order valence-electron chi connectivity index (χ2n) is 5.96. The molecule has 1 fully saturated rings. The van der Waals surface area contributed by atoms with Gasteiger partial charge in [0.25, 0.3) is 0 Å². The van der Waals surface area contributed by atoms with Gasteiger partial charge in [0.15, 0.2) is 0 Å². The van der Waals surface area contributed by atoms with Crippen LogP contribution in [0.25, 0.3) is 0 Å². The van der Waals surface area contributed by atoms with Crippen LogP contribution in [0.4, 0.5) is 0 Å². The molecule has 1 aliphatic rings. The first-order valence-electron chi connectivity index (χ1n) is 7.11. The molecule has 0 heterocycles. The first-order chi connectivity index (χ1) is 8.90. The molecule has 0 spiro atoms. The summed E-state index contributed by atoms with van der Waals surface area (Å²) in [6, 6.07) is -0.471. The van der Waals surface area contributed by atoms with Crippen LogP contribution < -0.4 is 11.1 Å². The highest BCUT2D eigenvalue weighted by Gasteiger charge is 2.33. The zero-order valence-electron chi connectivity index (χ0n) is 12.4. The highest BCUT2D eigenvalue weighted by atomic mass is 16.2. The maximum absolute atomic E-state index is 12.1. The summed E-state index contributed by atoms with van der Waals surface area (Å²) in [4.78, 5) is 25.3. The Hall–Kier alpha value is -1.10. The molecule has 0 saturated heterocycles. The van der Waals surface area contributed by atoms with E-state index in [-0.39, 0.29) is 17.2 Å². The summed E-state index contributed by atoms with van der Waals surface area (Å²) in [5, 5.41) is 2.78. The number of amides is 2. The molecule has 110 valence electrons. The maximum atomic E-state index is 12.1. The third-order valence-electron chi connectivity index (χ3n) is 4.07. The standard InChI is InChI=1S/C14H27N3O2/c1-11(13(19)17(2)3)16-12(18)9-14(10-15)7-5-4-6-8-14/h11H,4-10,15H2,1-3H3,(H,16,18). The fraction of sp³-hybridized carbons (Fsp3) is 0.857. The Morgan fingerprint density at radius 1 is 1.26 bits per heavy atom. The summed E-state index contributed by atoms with van der Waals surface area (Å²) in [5.41, 5.74) is 5.82. The summed E-state index contributed by atoms with van der Waals surface area (Å²) in [7, 11) is 3.38. The number of nitrogens with zero attached hydrogens (tertiary/aromatic N) is 1. The van der Waals surface area contributed by atoms with Crippen LogP contribution in [-0.2, 0) is 9.59 Å². The van der Waals surface area contributed by atoms with Gasteiger partial charge in [0.2, 0.25) is 11.8 Å². The van der Waals surface area contributed by atoms with Crippen LogP contribution in [0.2, 0.25) is 0 Å². The summed E-state index contributed by atoms with van der Waals surface area (Å²) in [6.45, 7) is 2.27. The lowest BCUT2D eigenvalue weighted by atomic mass is 9.71. The number of likely N-dealkylation sites (N-methyl/N-ethyl adjacent to an activating group) is 1. The zero-order chi connectivity index (χ0) is 14.5. The third-order valence-corrected chi connectivity index (χ3v) is 4.07. The first kappa shape index (κ1) is 16.0. The Labute approximate surface area is 115 Å². The molecule has 0 radical (unpaired) electrons. The van der Waals surface area contributed by atoms with E-state index in [4.69, 9.17) is 5.73 Å². The molecule has 0 bridgehead atoms. The van der Waals surface area contributed by atoms with E-state index in [0.29, 0.717) is 13.0 Å². The molecule has 3 N–H and O–H groups in total. The predicted octanol–water partition coefficient (Wildman–Crippen LogP) is 0.879. The highest BCUT2D eigenvalue weighted by Crippen LogP contribution is 2.38. The molecule has 1 atom stereocenters. The molecule has 2 amide bonds. The predicted molar refractivity (Wildman–Crippen MR) is 75.5 cm³/mol. The Morgan fingerprint density at radius 2 is 1.84 bits per heavy atom. The number of hydrogen-bond acceptors (Lipinski definition) is 3. The lowest BCUT2D eigenvalue weighted by molar-refractivity contribution is -0.134. The Kier molecular flexibility index (Phi) is 5.79. The van der Waals surface area contributed by atoms with Gasteiger partial charge in [0, 0.05) is 20.5 Å². The number of rotatable bonds is 5. The highest BCUT2D eigenvalue weighted by molar-refractivity contribution is 5.87. The van der Waals surface area contributed by atoms with Crippen LogP contribution >= 0.6 is 0 Å². The van der Waals surface area contributed by atoms with Gasteiger partial charge in [-0.25, -0.2) is 0 Å². The van der Waals surface area contributed by atoms with E-state index in [9.17, 15) is 9.59 Å². The van der Waals surface area contributed by atoms with Crippen molar-refractivity contribution in [3.63, 3.8) is 0 Å². The van der Waals surface area contributed by atoms with E-state index in [1.54, 1.807) is 21.0 Å². The maximum Gasteiger partial charge on any atom is 0.244 e. The van der Waals surface area contributed by atoms with Gasteiger partial charge in [-0.15, -0.1) is 0 Å². The zero-order valence-corrected chi connectivity index (χ0v) is 12.4. The van der Waals surface area contributed by atoms with Crippen molar-refractivity contribution >= 4 is 11.8 Å². The quantitative estimate of drug-likeness (QED) is 0.778. The van der Waals surface area contributed by atoms with Crippen molar-refractivity contribution in [2.24, 2.45) is 11.1 Å². The number of carbonyl (C=O) groups is 2. The minimum atomic E-state index is -0.471. The lowest BCUT2D eigenvalue weighted by Crippen LogP contribution is -2.46. The average molecular weight is 269 g/mol. The van der Waals surface area contributed by atoms with E-state index >= 15 is 0 Å². The third kappa shape index (κ3) is 4.49. The van der Waals surface area contributed by atoms with Gasteiger partial charge in [-0.3, -0.25) is 9.59 Å². The average Bonchev–Trinajstić information content (AvgIpc) is 2.38. The van der Waals surface area contributed by atoms with E-state index in [2.05, 4.69) is 5.32 Å². The molecule has 0 aliphatic heterocycles. The lowest BCUT2D eigenvalue weighted by Gasteiger charge is -2.36. The molecule has 1 aliphatic carbocycles. The van der Waals surface area contributed by atoms with E-state index in [1.165, 1.54) is 11.3 Å². The van der Waals surface area contributed by atoms with Crippen molar-refractivity contribution in [2.45, 2.75) is 51.5 Å². The van der Waals surface area contributed by atoms with Gasteiger partial charge in [0.1, 0.15) is 6.04 Å². The van der Waals surface area contributed by atoms with E-state index < -0.39 is 6.04 Å². The topological polar surface area (TPSA) is 75.4 Å². The molecule has 1 saturated carbocycles.